The molecular formula is C12H10F6N3+. The highest BCUT2D eigenvalue weighted by Crippen LogP contribution is 2.36. The van der Waals surface area contributed by atoms with Gasteiger partial charge in [0.2, 0.25) is 0 Å². The van der Waals surface area contributed by atoms with Crippen LogP contribution in [0.15, 0.2) is 18.2 Å². The van der Waals surface area contributed by atoms with Gasteiger partial charge in [-0.1, -0.05) is 0 Å². The molecule has 0 radical (unpaired) electrons. The van der Waals surface area contributed by atoms with E-state index in [2.05, 4.69) is 9.98 Å². The molecule has 0 unspecified atom stereocenters. The SMILES string of the molecule is NCCC1=[N+]=C(c2cc(C(F)(F)F)cc(C(F)(F)F)c2)N1. The Bertz CT molecular complexity index is 591. The van der Waals surface area contributed by atoms with Crippen molar-refractivity contribution in [1.29, 1.82) is 0 Å². The summed E-state index contributed by atoms with van der Waals surface area (Å²) in [7, 11) is 0. The maximum absolute atomic E-state index is 12.7. The number of rotatable bonds is 3. The van der Waals surface area contributed by atoms with E-state index < -0.39 is 23.5 Å². The summed E-state index contributed by atoms with van der Waals surface area (Å²) < 4.78 is 79.9. The van der Waals surface area contributed by atoms with Crippen LogP contribution in [0.4, 0.5) is 26.3 Å². The number of benzene rings is 1. The van der Waals surface area contributed by atoms with Gasteiger partial charge >= 0.3 is 18.2 Å². The topological polar surface area (TPSA) is 52.2 Å². The number of nitrogens with zero attached hydrogens (tertiary/aromatic N) is 1. The first kappa shape index (κ1) is 15.4. The highest BCUT2D eigenvalue weighted by atomic mass is 19.4. The van der Waals surface area contributed by atoms with E-state index in [4.69, 9.17) is 5.73 Å². The van der Waals surface area contributed by atoms with E-state index in [1.807, 2.05) is 0 Å². The van der Waals surface area contributed by atoms with Crippen LogP contribution in [0.5, 0.6) is 0 Å². The molecule has 1 heterocycles. The van der Waals surface area contributed by atoms with Gasteiger partial charge in [0.15, 0.2) is 0 Å². The van der Waals surface area contributed by atoms with E-state index in [-0.39, 0.29) is 24.0 Å². The van der Waals surface area contributed by atoms with Gasteiger partial charge in [0.1, 0.15) is 0 Å². The van der Waals surface area contributed by atoms with Crippen molar-refractivity contribution >= 4 is 11.7 Å². The van der Waals surface area contributed by atoms with Crippen LogP contribution in [-0.2, 0) is 12.4 Å². The minimum atomic E-state index is -4.87. The first-order valence-corrected chi connectivity index (χ1v) is 5.82. The van der Waals surface area contributed by atoms with Crippen LogP contribution in [0.1, 0.15) is 23.1 Å². The van der Waals surface area contributed by atoms with Gasteiger partial charge in [-0.15, -0.1) is 0 Å². The maximum Gasteiger partial charge on any atom is 0.416 e. The lowest BCUT2D eigenvalue weighted by Gasteiger charge is -2.14. The van der Waals surface area contributed by atoms with Gasteiger partial charge in [-0.25, -0.2) is 9.98 Å². The van der Waals surface area contributed by atoms with Crippen LogP contribution < -0.4 is 15.7 Å². The Morgan fingerprint density at radius 3 is 1.81 bits per heavy atom. The molecule has 1 aliphatic heterocycles. The average molecular weight is 310 g/mol. The quantitative estimate of drug-likeness (QED) is 0.662. The molecule has 21 heavy (non-hydrogen) atoms. The number of amidine groups is 2. The maximum atomic E-state index is 12.7. The Hall–Kier alpha value is -1.99. The van der Waals surface area contributed by atoms with Gasteiger partial charge < -0.3 is 5.73 Å². The summed E-state index contributed by atoms with van der Waals surface area (Å²) in [6.45, 7) is 0.273. The predicted octanol–water partition coefficient (Wildman–Crippen LogP) is 1.89. The number of nitrogens with two attached hydrogens (primary N) is 1. The molecule has 0 saturated carbocycles. The van der Waals surface area contributed by atoms with Gasteiger partial charge in [0.25, 0.3) is 5.84 Å². The van der Waals surface area contributed by atoms with Crippen molar-refractivity contribution in [3.63, 3.8) is 0 Å². The molecule has 1 aliphatic rings. The second-order valence-corrected chi connectivity index (χ2v) is 4.37. The van der Waals surface area contributed by atoms with E-state index in [1.165, 1.54) is 0 Å². The molecule has 3 nitrogen and oxygen atoms in total. The highest BCUT2D eigenvalue weighted by molar-refractivity contribution is 6.16. The normalized spacial score (nSPS) is 15.0. The van der Waals surface area contributed by atoms with Crippen LogP contribution in [0.3, 0.4) is 0 Å². The van der Waals surface area contributed by atoms with Crippen LogP contribution in [0.2, 0.25) is 0 Å². The van der Waals surface area contributed by atoms with Gasteiger partial charge in [0.05, 0.1) is 23.1 Å². The minimum Gasteiger partial charge on any atom is -0.330 e. The monoisotopic (exact) mass is 310 g/mol. The molecule has 0 fully saturated rings. The van der Waals surface area contributed by atoms with Crippen LogP contribution in [-0.4, -0.2) is 18.2 Å². The molecule has 2 rings (SSSR count). The lowest BCUT2D eigenvalue weighted by molar-refractivity contribution is -0.143. The molecule has 0 aromatic heterocycles. The zero-order valence-electron chi connectivity index (χ0n) is 10.4. The van der Waals surface area contributed by atoms with Crippen molar-refractivity contribution in [2.75, 3.05) is 6.54 Å². The van der Waals surface area contributed by atoms with Gasteiger partial charge in [-0.3, -0.25) is 0 Å². The first-order chi connectivity index (χ1) is 9.61. The van der Waals surface area contributed by atoms with Gasteiger partial charge in [-0.2, -0.15) is 26.3 Å². The number of hydrogen-bond donors (Lipinski definition) is 2. The molecule has 1 aromatic rings. The summed E-state index contributed by atoms with van der Waals surface area (Å²) in [6.07, 6.45) is -9.37. The fraction of sp³-hybridized carbons (Fsp3) is 0.333. The van der Waals surface area contributed by atoms with E-state index in [0.29, 0.717) is 24.4 Å². The van der Waals surface area contributed by atoms with Crippen molar-refractivity contribution in [2.45, 2.75) is 18.8 Å². The molecular weight excluding hydrogens is 300 g/mol. The van der Waals surface area contributed by atoms with Crippen molar-refractivity contribution in [3.8, 4) is 0 Å². The molecule has 0 aliphatic carbocycles. The molecule has 0 bridgehead atoms. The summed E-state index contributed by atoms with van der Waals surface area (Å²) in [5.41, 5.74) is 2.25. The molecule has 0 spiro atoms. The number of nitrogens with one attached hydrogen (secondary N) is 1. The Morgan fingerprint density at radius 1 is 0.952 bits per heavy atom. The number of halogens is 6. The molecule has 0 amide bonds. The lowest BCUT2D eigenvalue weighted by Crippen LogP contribution is -2.45. The zero-order valence-corrected chi connectivity index (χ0v) is 10.4. The summed E-state index contributed by atoms with van der Waals surface area (Å²) in [6, 6.07) is 1.33. The summed E-state index contributed by atoms with van der Waals surface area (Å²) >= 11 is 0. The Kier molecular flexibility index (Phi) is 3.73. The Morgan fingerprint density at radius 2 is 1.43 bits per heavy atom. The van der Waals surface area contributed by atoms with Crippen molar-refractivity contribution in [2.24, 2.45) is 5.73 Å². The summed E-state index contributed by atoms with van der Waals surface area (Å²) in [4.78, 5) is 0. The smallest absolute Gasteiger partial charge is 0.330 e. The lowest BCUT2D eigenvalue weighted by atomic mass is 10.0. The minimum absolute atomic E-state index is 0.0324. The van der Waals surface area contributed by atoms with Gasteiger partial charge in [0, 0.05) is 6.54 Å². The zero-order chi connectivity index (χ0) is 15.8. The van der Waals surface area contributed by atoms with E-state index >= 15 is 0 Å². The van der Waals surface area contributed by atoms with Crippen molar-refractivity contribution in [3.05, 3.63) is 34.9 Å². The standard InChI is InChI=1S/C12H9F6N3/c13-11(14,15)7-3-6(4-8(5-7)12(16,17)18)10-20-9(21-10)1-2-19/h3-5H,1-2,19H2/p+1. The van der Waals surface area contributed by atoms with Crippen LogP contribution >= 0.6 is 0 Å². The molecule has 0 atom stereocenters. The largest absolute Gasteiger partial charge is 0.416 e. The van der Waals surface area contributed by atoms with Crippen molar-refractivity contribution in [1.82, 2.24) is 9.98 Å². The Labute approximate surface area is 115 Å². The predicted molar refractivity (Wildman–Crippen MR) is 64.5 cm³/mol. The highest BCUT2D eigenvalue weighted by Gasteiger charge is 2.38. The molecule has 114 valence electrons. The third-order valence-electron chi connectivity index (χ3n) is 2.75. The van der Waals surface area contributed by atoms with Crippen molar-refractivity contribution < 1.29 is 26.3 Å². The fourth-order valence-electron chi connectivity index (χ4n) is 1.76. The average Bonchev–Trinajstić information content (AvgIpc) is 2.30. The van der Waals surface area contributed by atoms with E-state index in [0.717, 1.165) is 0 Å². The first-order valence-electron chi connectivity index (χ1n) is 5.82. The van der Waals surface area contributed by atoms with E-state index in [9.17, 15) is 26.3 Å². The molecule has 3 N–H and O–H groups in total. The van der Waals surface area contributed by atoms with Crippen LogP contribution in [0.25, 0.3) is 0 Å². The molecule has 0 saturated heterocycles. The fourth-order valence-corrected chi connectivity index (χ4v) is 1.76. The second kappa shape index (κ2) is 5.09. The Balaban J connectivity index is 2.51. The summed E-state index contributed by atoms with van der Waals surface area (Å²) in [5, 5.41) is 2.61. The number of alkyl halides is 6. The third-order valence-corrected chi connectivity index (χ3v) is 2.75. The summed E-state index contributed by atoms with van der Waals surface area (Å²) in [5.74, 6) is 0.397. The van der Waals surface area contributed by atoms with Gasteiger partial charge in [-0.05, 0) is 18.2 Å². The molecule has 9 heteroatoms. The third kappa shape index (κ3) is 3.37. The van der Waals surface area contributed by atoms with Crippen LogP contribution in [0, 0.1) is 0 Å². The van der Waals surface area contributed by atoms with E-state index in [1.54, 1.807) is 0 Å². The second-order valence-electron chi connectivity index (χ2n) is 4.37. The molecule has 1 aromatic carbocycles. The number of hydrogen-bond acceptors (Lipinski definition) is 2.